The third-order valence-corrected chi connectivity index (χ3v) is 3.19. The summed E-state index contributed by atoms with van der Waals surface area (Å²) in [5.41, 5.74) is -0.890. The Morgan fingerprint density at radius 1 is 0.955 bits per heavy atom. The molecule has 0 radical (unpaired) electrons. The van der Waals surface area contributed by atoms with Gasteiger partial charge in [-0.3, -0.25) is 4.90 Å². The van der Waals surface area contributed by atoms with Crippen molar-refractivity contribution in [3.63, 3.8) is 0 Å². The number of halogens is 8. The zero-order valence-corrected chi connectivity index (χ0v) is 12.7. The van der Waals surface area contributed by atoms with Gasteiger partial charge in [0.05, 0.1) is 0 Å². The molecule has 1 N–H and O–H groups in total. The number of hydrogen-bond acceptors (Lipinski definition) is 2. The van der Waals surface area contributed by atoms with Gasteiger partial charge in [0.25, 0.3) is 0 Å². The second-order valence-corrected chi connectivity index (χ2v) is 4.49. The van der Waals surface area contributed by atoms with Crippen LogP contribution < -0.4 is 5.32 Å². The minimum Gasteiger partial charge on any atom is -0.314 e. The Kier molecular flexibility index (Phi) is 7.97. The maximum absolute atomic E-state index is 13.6. The summed E-state index contributed by atoms with van der Waals surface area (Å²) in [6.45, 7) is 0.723. The monoisotopic (exact) mass is 370 g/mol. The first-order valence-electron chi connectivity index (χ1n) is 5.97. The first kappa shape index (κ1) is 21.3. The highest BCUT2D eigenvalue weighted by molar-refractivity contribution is 5.85. The smallest absolute Gasteiger partial charge is 0.314 e. The molecule has 0 unspecified atom stereocenters. The summed E-state index contributed by atoms with van der Waals surface area (Å²) in [7, 11) is 0. The van der Waals surface area contributed by atoms with Crippen molar-refractivity contribution in [1.29, 1.82) is 0 Å². The van der Waals surface area contributed by atoms with E-state index in [4.69, 9.17) is 0 Å². The van der Waals surface area contributed by atoms with Crippen molar-refractivity contribution in [1.82, 2.24) is 10.2 Å². The van der Waals surface area contributed by atoms with Crippen LogP contribution in [0.3, 0.4) is 0 Å². The van der Waals surface area contributed by atoms with Gasteiger partial charge >= 0.3 is 6.18 Å². The molecule has 1 atom stereocenters. The molecule has 0 aromatic heterocycles. The van der Waals surface area contributed by atoms with E-state index >= 15 is 0 Å². The van der Waals surface area contributed by atoms with Gasteiger partial charge in [0.15, 0.2) is 17.5 Å². The Labute approximate surface area is 135 Å². The van der Waals surface area contributed by atoms with Crippen molar-refractivity contribution < 1.29 is 26.3 Å². The molecule has 0 amide bonds. The number of alkyl halides is 3. The van der Waals surface area contributed by atoms with E-state index in [0.29, 0.717) is 25.2 Å². The predicted molar refractivity (Wildman–Crippen MR) is 74.1 cm³/mol. The molecule has 0 saturated carbocycles. The maximum atomic E-state index is 13.6. The van der Waals surface area contributed by atoms with Gasteiger partial charge in [0.2, 0.25) is 0 Å². The minimum absolute atomic E-state index is 0. The number of nitrogens with zero attached hydrogens (tertiary/aromatic N) is 1. The van der Waals surface area contributed by atoms with Crippen LogP contribution in [0.15, 0.2) is 12.1 Å². The topological polar surface area (TPSA) is 15.3 Å². The molecule has 1 heterocycles. The fourth-order valence-corrected chi connectivity index (χ4v) is 2.27. The van der Waals surface area contributed by atoms with E-state index < -0.39 is 35.2 Å². The first-order valence-corrected chi connectivity index (χ1v) is 5.97. The molecule has 10 heteroatoms. The second kappa shape index (κ2) is 8.24. The van der Waals surface area contributed by atoms with Crippen molar-refractivity contribution in [2.75, 3.05) is 26.2 Å². The van der Waals surface area contributed by atoms with Gasteiger partial charge in [-0.25, -0.2) is 13.2 Å². The molecule has 2 rings (SSSR count). The highest BCUT2D eigenvalue weighted by atomic mass is 35.5. The Balaban J connectivity index is 0.00000220. The van der Waals surface area contributed by atoms with Crippen LogP contribution in [-0.2, 0) is 0 Å². The van der Waals surface area contributed by atoms with Crippen molar-refractivity contribution in [3.05, 3.63) is 35.1 Å². The average molecular weight is 371 g/mol. The fraction of sp³-hybridized carbons (Fsp3) is 0.500. The van der Waals surface area contributed by atoms with Gasteiger partial charge in [0.1, 0.15) is 6.04 Å². The van der Waals surface area contributed by atoms with Crippen molar-refractivity contribution in [2.24, 2.45) is 0 Å². The first-order chi connectivity index (χ1) is 9.32. The highest BCUT2D eigenvalue weighted by Gasteiger charge is 2.46. The van der Waals surface area contributed by atoms with Crippen LogP contribution in [0, 0.1) is 17.5 Å². The molecule has 1 aromatic carbocycles. The van der Waals surface area contributed by atoms with Crippen LogP contribution in [0.4, 0.5) is 26.3 Å². The zero-order valence-electron chi connectivity index (χ0n) is 11.1. The molecular weight excluding hydrogens is 357 g/mol. The molecule has 0 aliphatic carbocycles. The Hall–Kier alpha value is -0.700. The van der Waals surface area contributed by atoms with E-state index in [0.717, 1.165) is 4.90 Å². The van der Waals surface area contributed by atoms with E-state index in [-0.39, 0.29) is 37.9 Å². The van der Waals surface area contributed by atoms with Crippen molar-refractivity contribution >= 4 is 24.8 Å². The van der Waals surface area contributed by atoms with E-state index in [9.17, 15) is 26.3 Å². The van der Waals surface area contributed by atoms with E-state index in [1.54, 1.807) is 0 Å². The maximum Gasteiger partial charge on any atom is 0.408 e. The lowest BCUT2D eigenvalue weighted by Crippen LogP contribution is -2.49. The number of hydrogen-bond donors (Lipinski definition) is 1. The molecule has 1 aliphatic rings. The summed E-state index contributed by atoms with van der Waals surface area (Å²) in [4.78, 5) is 1.01. The normalized spacial score (nSPS) is 17.4. The quantitative estimate of drug-likeness (QED) is 0.633. The summed E-state index contributed by atoms with van der Waals surface area (Å²) >= 11 is 0. The average Bonchev–Trinajstić information content (AvgIpc) is 2.39. The van der Waals surface area contributed by atoms with E-state index in [1.165, 1.54) is 0 Å². The summed E-state index contributed by atoms with van der Waals surface area (Å²) in [6.07, 6.45) is -4.78. The molecule has 1 aliphatic heterocycles. The lowest BCUT2D eigenvalue weighted by Gasteiger charge is -2.36. The van der Waals surface area contributed by atoms with Crippen LogP contribution in [0.1, 0.15) is 11.6 Å². The summed E-state index contributed by atoms with van der Waals surface area (Å²) < 4.78 is 79.1. The third kappa shape index (κ3) is 4.41. The zero-order chi connectivity index (χ0) is 14.9. The molecule has 1 aromatic rings. The third-order valence-electron chi connectivity index (χ3n) is 3.19. The summed E-state index contributed by atoms with van der Waals surface area (Å²) in [6, 6.07) is -1.12. The number of rotatable bonds is 2. The molecule has 2 nitrogen and oxygen atoms in total. The number of piperazine rings is 1. The molecule has 0 bridgehead atoms. The Morgan fingerprint density at radius 3 is 2.00 bits per heavy atom. The Morgan fingerprint density at radius 2 is 1.50 bits per heavy atom. The summed E-state index contributed by atoms with van der Waals surface area (Å²) in [5.74, 6) is -5.18. The lowest BCUT2D eigenvalue weighted by atomic mass is 10.0. The molecule has 1 saturated heterocycles. The van der Waals surface area contributed by atoms with Gasteiger partial charge in [-0.15, -0.1) is 24.8 Å². The van der Waals surface area contributed by atoms with Gasteiger partial charge in [0, 0.05) is 31.7 Å². The van der Waals surface area contributed by atoms with Crippen LogP contribution in [0.25, 0.3) is 0 Å². The molecule has 0 spiro atoms. The highest BCUT2D eigenvalue weighted by Crippen LogP contribution is 2.39. The Bertz CT molecular complexity index is 491. The van der Waals surface area contributed by atoms with Gasteiger partial charge < -0.3 is 5.32 Å². The SMILES string of the molecule is Cl.Cl.Fc1ccc([C@@H](N2CCNCC2)C(F)(F)F)c(F)c1F. The van der Waals surface area contributed by atoms with E-state index in [2.05, 4.69) is 5.32 Å². The summed E-state index contributed by atoms with van der Waals surface area (Å²) in [5, 5.41) is 2.87. The largest absolute Gasteiger partial charge is 0.408 e. The number of nitrogens with one attached hydrogen (secondary N) is 1. The van der Waals surface area contributed by atoms with Crippen molar-refractivity contribution in [3.8, 4) is 0 Å². The van der Waals surface area contributed by atoms with Gasteiger partial charge in [-0.05, 0) is 6.07 Å². The lowest BCUT2D eigenvalue weighted by molar-refractivity contribution is -0.188. The van der Waals surface area contributed by atoms with Gasteiger partial charge in [-0.1, -0.05) is 6.07 Å². The molecule has 22 heavy (non-hydrogen) atoms. The molecule has 128 valence electrons. The standard InChI is InChI=1S/C12H12F6N2.2ClH/c13-8-2-1-7(9(14)10(8)15)11(12(16,17)18)20-5-3-19-4-6-20;;/h1-2,11,19H,3-6H2;2*1H/t11-;;/m1../s1. The van der Waals surface area contributed by atoms with Gasteiger partial charge in [-0.2, -0.15) is 13.2 Å². The van der Waals surface area contributed by atoms with Crippen LogP contribution in [0.2, 0.25) is 0 Å². The van der Waals surface area contributed by atoms with Crippen LogP contribution in [0.5, 0.6) is 0 Å². The predicted octanol–water partition coefficient (Wildman–Crippen LogP) is 3.46. The molecular formula is C12H14Cl2F6N2. The van der Waals surface area contributed by atoms with Crippen molar-refractivity contribution in [2.45, 2.75) is 12.2 Å². The second-order valence-electron chi connectivity index (χ2n) is 4.49. The minimum atomic E-state index is -4.78. The molecule has 1 fully saturated rings. The fourth-order valence-electron chi connectivity index (χ4n) is 2.27. The van der Waals surface area contributed by atoms with E-state index in [1.807, 2.05) is 0 Å². The van der Waals surface area contributed by atoms with Crippen LogP contribution in [-0.4, -0.2) is 37.3 Å². The number of benzene rings is 1. The van der Waals surface area contributed by atoms with Crippen LogP contribution >= 0.6 is 24.8 Å².